The van der Waals surface area contributed by atoms with Gasteiger partial charge in [0.2, 0.25) is 0 Å². The maximum absolute atomic E-state index is 12.4. The molecular weight excluding hydrogens is 332 g/mol. The Hall–Kier alpha value is -2.80. The average Bonchev–Trinajstić information content (AvgIpc) is 2.65. The van der Waals surface area contributed by atoms with Crippen LogP contribution in [0.15, 0.2) is 36.5 Å². The van der Waals surface area contributed by atoms with Crippen LogP contribution in [-0.2, 0) is 0 Å². The summed E-state index contributed by atoms with van der Waals surface area (Å²) in [5.41, 5.74) is 1.11. The zero-order valence-electron chi connectivity index (χ0n) is 15.7. The summed E-state index contributed by atoms with van der Waals surface area (Å²) in [6, 6.07) is 8.69. The van der Waals surface area contributed by atoms with E-state index in [1.165, 1.54) is 7.11 Å². The van der Waals surface area contributed by atoms with E-state index < -0.39 is 0 Å². The molecule has 2 rings (SSSR count). The Balaban J connectivity index is 1.93. The fourth-order valence-electron chi connectivity index (χ4n) is 2.36. The molecule has 2 N–H and O–H groups in total. The summed E-state index contributed by atoms with van der Waals surface area (Å²) in [4.78, 5) is 18.8. The molecule has 2 aromatic rings. The van der Waals surface area contributed by atoms with Gasteiger partial charge >= 0.3 is 0 Å². The molecule has 0 aliphatic rings. The van der Waals surface area contributed by atoms with Crippen molar-refractivity contribution in [2.24, 2.45) is 0 Å². The van der Waals surface area contributed by atoms with Gasteiger partial charge in [-0.25, -0.2) is 4.98 Å². The summed E-state index contributed by atoms with van der Waals surface area (Å²) < 4.78 is 10.4. The van der Waals surface area contributed by atoms with Crippen molar-refractivity contribution < 1.29 is 14.3 Å². The van der Waals surface area contributed by atoms with Gasteiger partial charge in [-0.2, -0.15) is 0 Å². The van der Waals surface area contributed by atoms with Crippen LogP contribution in [0.5, 0.6) is 11.5 Å². The van der Waals surface area contributed by atoms with E-state index in [9.17, 15) is 4.79 Å². The highest BCUT2D eigenvalue weighted by Crippen LogP contribution is 2.27. The fourth-order valence-corrected chi connectivity index (χ4v) is 2.36. The Bertz CT molecular complexity index is 717. The molecule has 26 heavy (non-hydrogen) atoms. The van der Waals surface area contributed by atoms with Gasteiger partial charge in [0.15, 0.2) is 11.5 Å². The first-order valence-electron chi connectivity index (χ1n) is 8.41. The smallest absolute Gasteiger partial charge is 0.255 e. The van der Waals surface area contributed by atoms with Crippen molar-refractivity contribution in [1.29, 1.82) is 0 Å². The Morgan fingerprint density at radius 1 is 1.12 bits per heavy atom. The molecule has 0 aliphatic carbocycles. The average molecular weight is 358 g/mol. The van der Waals surface area contributed by atoms with Gasteiger partial charge in [-0.3, -0.25) is 4.79 Å². The summed E-state index contributed by atoms with van der Waals surface area (Å²) in [6.45, 7) is 1.87. The number of aromatic nitrogens is 1. The van der Waals surface area contributed by atoms with Crippen molar-refractivity contribution in [2.45, 2.75) is 6.42 Å². The Kier molecular flexibility index (Phi) is 7.23. The summed E-state index contributed by atoms with van der Waals surface area (Å²) >= 11 is 0. The maximum Gasteiger partial charge on any atom is 0.255 e. The molecule has 1 aromatic heterocycles. The van der Waals surface area contributed by atoms with Gasteiger partial charge in [0.25, 0.3) is 5.91 Å². The van der Waals surface area contributed by atoms with Gasteiger partial charge in [-0.15, -0.1) is 0 Å². The van der Waals surface area contributed by atoms with E-state index in [0.29, 0.717) is 22.7 Å². The number of amides is 1. The lowest BCUT2D eigenvalue weighted by atomic mass is 10.2. The fraction of sp³-hybridized carbons (Fsp3) is 0.368. The second kappa shape index (κ2) is 9.62. The van der Waals surface area contributed by atoms with E-state index in [-0.39, 0.29) is 5.91 Å². The van der Waals surface area contributed by atoms with Gasteiger partial charge in [-0.1, -0.05) is 0 Å². The number of pyridine rings is 1. The molecule has 0 bridgehead atoms. The number of nitrogens with zero attached hydrogens (tertiary/aromatic N) is 2. The second-order valence-corrected chi connectivity index (χ2v) is 6.04. The van der Waals surface area contributed by atoms with Crippen molar-refractivity contribution in [3.05, 3.63) is 42.1 Å². The van der Waals surface area contributed by atoms with Crippen LogP contribution in [0.4, 0.5) is 11.5 Å². The van der Waals surface area contributed by atoms with Crippen molar-refractivity contribution in [3.8, 4) is 11.5 Å². The third-order valence-corrected chi connectivity index (χ3v) is 3.76. The number of carbonyl (C=O) groups excluding carboxylic acids is 1. The van der Waals surface area contributed by atoms with Gasteiger partial charge in [0.1, 0.15) is 5.82 Å². The SMILES string of the molecule is COc1ccc(C(=O)Nc2ccc(NCCCN(C)C)nc2)cc1OC. The van der Waals surface area contributed by atoms with Crippen LogP contribution >= 0.6 is 0 Å². The minimum absolute atomic E-state index is 0.237. The Labute approximate surface area is 154 Å². The zero-order chi connectivity index (χ0) is 18.9. The quantitative estimate of drug-likeness (QED) is 0.671. The van der Waals surface area contributed by atoms with Gasteiger partial charge < -0.3 is 25.0 Å². The molecule has 1 heterocycles. The van der Waals surface area contributed by atoms with Crippen LogP contribution in [-0.4, -0.2) is 57.2 Å². The third kappa shape index (κ3) is 5.63. The summed E-state index contributed by atoms with van der Waals surface area (Å²) in [5.74, 6) is 1.64. The molecule has 0 spiro atoms. The number of hydrogen-bond donors (Lipinski definition) is 2. The number of nitrogens with one attached hydrogen (secondary N) is 2. The monoisotopic (exact) mass is 358 g/mol. The van der Waals surface area contributed by atoms with Crippen LogP contribution in [0, 0.1) is 0 Å². The number of methoxy groups -OCH3 is 2. The Morgan fingerprint density at radius 3 is 2.50 bits per heavy atom. The lowest BCUT2D eigenvalue weighted by Gasteiger charge is -2.11. The number of hydrogen-bond acceptors (Lipinski definition) is 6. The first-order chi connectivity index (χ1) is 12.5. The maximum atomic E-state index is 12.4. The lowest BCUT2D eigenvalue weighted by molar-refractivity contribution is 0.102. The lowest BCUT2D eigenvalue weighted by Crippen LogP contribution is -2.16. The number of rotatable bonds is 9. The van der Waals surface area contributed by atoms with Crippen molar-refractivity contribution in [3.63, 3.8) is 0 Å². The molecule has 1 amide bonds. The van der Waals surface area contributed by atoms with E-state index in [1.54, 1.807) is 31.5 Å². The van der Waals surface area contributed by atoms with Crippen LogP contribution in [0.25, 0.3) is 0 Å². The van der Waals surface area contributed by atoms with Gasteiger partial charge in [0.05, 0.1) is 26.1 Å². The molecule has 0 saturated carbocycles. The topological polar surface area (TPSA) is 75.7 Å². The van der Waals surface area contributed by atoms with Crippen LogP contribution in [0.3, 0.4) is 0 Å². The predicted molar refractivity (Wildman–Crippen MR) is 103 cm³/mol. The van der Waals surface area contributed by atoms with E-state index in [4.69, 9.17) is 9.47 Å². The van der Waals surface area contributed by atoms with Crippen molar-refractivity contribution in [1.82, 2.24) is 9.88 Å². The molecule has 140 valence electrons. The van der Waals surface area contributed by atoms with Crippen molar-refractivity contribution in [2.75, 3.05) is 52.0 Å². The molecular formula is C19H26N4O3. The zero-order valence-corrected chi connectivity index (χ0v) is 15.7. The molecule has 7 heteroatoms. The Morgan fingerprint density at radius 2 is 1.88 bits per heavy atom. The second-order valence-electron chi connectivity index (χ2n) is 6.04. The third-order valence-electron chi connectivity index (χ3n) is 3.76. The van der Waals surface area contributed by atoms with E-state index >= 15 is 0 Å². The predicted octanol–water partition coefficient (Wildman–Crippen LogP) is 2.71. The summed E-state index contributed by atoms with van der Waals surface area (Å²) in [7, 11) is 7.19. The molecule has 0 unspecified atom stereocenters. The summed E-state index contributed by atoms with van der Waals surface area (Å²) in [5, 5.41) is 6.08. The molecule has 1 aromatic carbocycles. The number of benzene rings is 1. The standard InChI is InChI=1S/C19H26N4O3/c1-23(2)11-5-10-20-18-9-7-15(13-21-18)22-19(24)14-6-8-16(25-3)17(12-14)26-4/h6-9,12-13H,5,10-11H2,1-4H3,(H,20,21)(H,22,24). The molecule has 0 atom stereocenters. The number of carbonyl (C=O) groups is 1. The number of ether oxygens (including phenoxy) is 2. The van der Waals surface area contributed by atoms with E-state index in [1.807, 2.05) is 26.2 Å². The highest BCUT2D eigenvalue weighted by atomic mass is 16.5. The largest absolute Gasteiger partial charge is 0.493 e. The van der Waals surface area contributed by atoms with Gasteiger partial charge in [0, 0.05) is 12.1 Å². The van der Waals surface area contributed by atoms with Crippen LogP contribution in [0.2, 0.25) is 0 Å². The minimum Gasteiger partial charge on any atom is -0.493 e. The van der Waals surface area contributed by atoms with E-state index in [2.05, 4.69) is 20.5 Å². The molecule has 0 radical (unpaired) electrons. The van der Waals surface area contributed by atoms with Crippen LogP contribution < -0.4 is 20.1 Å². The van der Waals surface area contributed by atoms with Gasteiger partial charge in [-0.05, 0) is 57.4 Å². The van der Waals surface area contributed by atoms with Crippen LogP contribution in [0.1, 0.15) is 16.8 Å². The molecule has 0 saturated heterocycles. The first kappa shape index (κ1) is 19.5. The highest BCUT2D eigenvalue weighted by molar-refractivity contribution is 6.04. The highest BCUT2D eigenvalue weighted by Gasteiger charge is 2.11. The number of anilines is 2. The normalized spacial score (nSPS) is 10.5. The molecule has 0 fully saturated rings. The van der Waals surface area contributed by atoms with Crippen molar-refractivity contribution >= 4 is 17.4 Å². The van der Waals surface area contributed by atoms with E-state index in [0.717, 1.165) is 25.3 Å². The first-order valence-corrected chi connectivity index (χ1v) is 8.41. The molecule has 0 aliphatic heterocycles. The minimum atomic E-state index is -0.237. The summed E-state index contributed by atoms with van der Waals surface area (Å²) in [6.07, 6.45) is 2.67. The molecule has 7 nitrogen and oxygen atoms in total.